The number of carbonyl (C=O) groups is 1. The molecule has 3 heterocycles. The lowest BCUT2D eigenvalue weighted by Crippen LogP contribution is -2.39. The van der Waals surface area contributed by atoms with Gasteiger partial charge in [0.15, 0.2) is 6.10 Å². The topological polar surface area (TPSA) is 71.9 Å². The molecule has 2 atom stereocenters. The van der Waals surface area contributed by atoms with Crippen molar-refractivity contribution in [3.05, 3.63) is 76.4 Å². The van der Waals surface area contributed by atoms with Crippen LogP contribution in [0.3, 0.4) is 0 Å². The first-order chi connectivity index (χ1) is 19.7. The number of hydrogen-bond acceptors (Lipinski definition) is 5. The van der Waals surface area contributed by atoms with Gasteiger partial charge < -0.3 is 19.5 Å². The van der Waals surface area contributed by atoms with Crippen molar-refractivity contribution in [1.29, 1.82) is 0 Å². The molecule has 0 bridgehead atoms. The van der Waals surface area contributed by atoms with Crippen LogP contribution < -0.4 is 9.64 Å². The molecule has 0 aliphatic carbocycles. The molecule has 2 aliphatic rings. The minimum Gasteiger partial charge on any atom is -0.485 e. The van der Waals surface area contributed by atoms with Gasteiger partial charge in [-0.2, -0.15) is 0 Å². The normalized spacial score (nSPS) is 19.1. The highest BCUT2D eigenvalue weighted by atomic mass is 19.1. The molecule has 2 aromatic carbocycles. The van der Waals surface area contributed by atoms with E-state index in [1.807, 2.05) is 46.8 Å². The number of aromatic nitrogens is 1. The van der Waals surface area contributed by atoms with Gasteiger partial charge in [-0.05, 0) is 107 Å². The van der Waals surface area contributed by atoms with Gasteiger partial charge in [0.2, 0.25) is 0 Å². The van der Waals surface area contributed by atoms with E-state index in [9.17, 15) is 14.3 Å². The number of hydrogen-bond donors (Lipinski definition) is 1. The third kappa shape index (κ3) is 6.31. The average molecular weight is 575 g/mol. The first-order valence-electron chi connectivity index (χ1n) is 14.9. The van der Waals surface area contributed by atoms with Crippen molar-refractivity contribution in [2.45, 2.75) is 92.0 Å². The predicted octanol–water partition coefficient (Wildman–Crippen LogP) is 8.14. The molecule has 1 N–H and O–H groups in total. The second-order valence-electron chi connectivity index (χ2n) is 13.5. The van der Waals surface area contributed by atoms with Crippen molar-refractivity contribution in [2.75, 3.05) is 18.0 Å². The van der Waals surface area contributed by atoms with Crippen molar-refractivity contribution >= 4 is 11.7 Å². The van der Waals surface area contributed by atoms with E-state index in [2.05, 4.69) is 24.8 Å². The van der Waals surface area contributed by atoms with Gasteiger partial charge in [0.05, 0.1) is 11.3 Å². The largest absolute Gasteiger partial charge is 0.485 e. The highest BCUT2D eigenvalue weighted by molar-refractivity contribution is 5.88. The van der Waals surface area contributed by atoms with Crippen molar-refractivity contribution in [3.63, 3.8) is 0 Å². The number of carboxylic acid groups (broad SMARTS) is 1. The van der Waals surface area contributed by atoms with Crippen LogP contribution in [0.5, 0.6) is 5.75 Å². The number of aliphatic carboxylic acids is 1. The minimum atomic E-state index is -1.15. The number of pyridine rings is 1. The zero-order valence-electron chi connectivity index (χ0n) is 25.9. The number of rotatable bonds is 6. The maximum absolute atomic E-state index is 13.5. The van der Waals surface area contributed by atoms with Gasteiger partial charge in [-0.1, -0.05) is 32.0 Å². The number of anilines is 1. The van der Waals surface area contributed by atoms with E-state index in [0.29, 0.717) is 11.3 Å². The van der Waals surface area contributed by atoms with Gasteiger partial charge >= 0.3 is 5.97 Å². The maximum atomic E-state index is 13.5. The molecule has 1 aromatic heterocycles. The molecule has 2 aliphatic heterocycles. The van der Waals surface area contributed by atoms with E-state index in [-0.39, 0.29) is 17.3 Å². The molecule has 224 valence electrons. The van der Waals surface area contributed by atoms with Gasteiger partial charge in [0.25, 0.3) is 0 Å². The van der Waals surface area contributed by atoms with Crippen molar-refractivity contribution < 1.29 is 23.8 Å². The average Bonchev–Trinajstić information content (AvgIpc) is 2.91. The fourth-order valence-electron chi connectivity index (χ4n) is 6.21. The molecule has 0 amide bonds. The SMILES string of the molecule is Cc1nc(C)c(C(OC(C)(C)C)C(=O)O)c(N2CCC(C)(C)CC2)c1-c1ccc2c(c1)CCC(c1ccc(F)cc1)O2. The van der Waals surface area contributed by atoms with E-state index >= 15 is 0 Å². The highest BCUT2D eigenvalue weighted by Crippen LogP contribution is 2.46. The third-order valence-electron chi connectivity index (χ3n) is 8.51. The molecule has 2 unspecified atom stereocenters. The van der Waals surface area contributed by atoms with E-state index in [1.54, 1.807) is 12.1 Å². The third-order valence-corrected chi connectivity index (χ3v) is 8.51. The fourth-order valence-corrected chi connectivity index (χ4v) is 6.21. The first kappa shape index (κ1) is 30.0. The highest BCUT2D eigenvalue weighted by Gasteiger charge is 2.36. The zero-order chi connectivity index (χ0) is 30.4. The van der Waals surface area contributed by atoms with Gasteiger partial charge in [-0.15, -0.1) is 0 Å². The number of aryl methyl sites for hydroxylation is 3. The van der Waals surface area contributed by atoms with Crippen LogP contribution in [0.15, 0.2) is 42.5 Å². The Morgan fingerprint density at radius 2 is 1.76 bits per heavy atom. The molecule has 1 fully saturated rings. The molecule has 7 heteroatoms. The van der Waals surface area contributed by atoms with Crippen LogP contribution in [0.2, 0.25) is 0 Å². The summed E-state index contributed by atoms with van der Waals surface area (Å²) in [6.07, 6.45) is 2.33. The first-order valence-corrected chi connectivity index (χ1v) is 14.9. The van der Waals surface area contributed by atoms with Crippen molar-refractivity contribution in [1.82, 2.24) is 4.98 Å². The van der Waals surface area contributed by atoms with Crippen LogP contribution in [-0.4, -0.2) is 34.8 Å². The molecular weight excluding hydrogens is 531 g/mol. The second-order valence-corrected chi connectivity index (χ2v) is 13.5. The number of piperidine rings is 1. The number of benzene rings is 2. The molecule has 6 nitrogen and oxygen atoms in total. The summed E-state index contributed by atoms with van der Waals surface area (Å²) in [7, 11) is 0. The summed E-state index contributed by atoms with van der Waals surface area (Å²) in [5, 5.41) is 10.4. The number of nitrogens with zero attached hydrogens (tertiary/aromatic N) is 2. The zero-order valence-corrected chi connectivity index (χ0v) is 25.9. The Balaban J connectivity index is 1.61. The van der Waals surface area contributed by atoms with Crippen LogP contribution >= 0.6 is 0 Å². The number of halogens is 1. The van der Waals surface area contributed by atoms with E-state index in [4.69, 9.17) is 14.5 Å². The Labute approximate surface area is 248 Å². The minimum absolute atomic E-state index is 0.128. The molecule has 0 spiro atoms. The van der Waals surface area contributed by atoms with E-state index in [0.717, 1.165) is 78.2 Å². The summed E-state index contributed by atoms with van der Waals surface area (Å²) >= 11 is 0. The van der Waals surface area contributed by atoms with Crippen LogP contribution in [0.25, 0.3) is 11.1 Å². The molecule has 1 saturated heterocycles. The Bertz CT molecular complexity index is 1470. The van der Waals surface area contributed by atoms with Crippen LogP contribution in [0.1, 0.15) is 94.2 Å². The van der Waals surface area contributed by atoms with Gasteiger partial charge in [-0.25, -0.2) is 9.18 Å². The van der Waals surface area contributed by atoms with Crippen molar-refractivity contribution in [2.24, 2.45) is 5.41 Å². The van der Waals surface area contributed by atoms with Crippen molar-refractivity contribution in [3.8, 4) is 16.9 Å². The Morgan fingerprint density at radius 1 is 1.10 bits per heavy atom. The quantitative estimate of drug-likeness (QED) is 0.320. The molecule has 0 saturated carbocycles. The van der Waals surface area contributed by atoms with E-state index < -0.39 is 17.7 Å². The molecular formula is C35H43FN2O4. The number of carboxylic acids is 1. The van der Waals surface area contributed by atoms with Crippen LogP contribution in [-0.2, 0) is 16.0 Å². The summed E-state index contributed by atoms with van der Waals surface area (Å²) < 4.78 is 26.1. The van der Waals surface area contributed by atoms with Gasteiger partial charge in [0.1, 0.15) is 17.7 Å². The standard InChI is InChI=1S/C35H43FN2O4/c1-21-29(25-11-15-28-24(20-25)10-14-27(41-28)23-8-12-26(36)13-9-23)31(38-18-16-35(6,7)17-19-38)30(22(2)37-21)32(33(39)40)42-34(3,4)5/h8-9,11-13,15,20,27,32H,10,14,16-19H2,1-7H3,(H,39,40). The lowest BCUT2D eigenvalue weighted by Gasteiger charge is -2.41. The smallest absolute Gasteiger partial charge is 0.337 e. The lowest BCUT2D eigenvalue weighted by molar-refractivity contribution is -0.160. The molecule has 3 aromatic rings. The lowest BCUT2D eigenvalue weighted by atomic mass is 9.81. The molecule has 42 heavy (non-hydrogen) atoms. The fraction of sp³-hybridized carbons (Fsp3) is 0.486. The summed E-state index contributed by atoms with van der Waals surface area (Å²) in [5.74, 6) is -0.459. The maximum Gasteiger partial charge on any atom is 0.337 e. The van der Waals surface area contributed by atoms with Crippen LogP contribution in [0.4, 0.5) is 10.1 Å². The Kier molecular flexibility index (Phi) is 8.10. The van der Waals surface area contributed by atoms with Gasteiger partial charge in [0, 0.05) is 35.6 Å². The van der Waals surface area contributed by atoms with Crippen LogP contribution in [0, 0.1) is 25.1 Å². The predicted molar refractivity (Wildman–Crippen MR) is 164 cm³/mol. The summed E-state index contributed by atoms with van der Waals surface area (Å²) in [6.45, 7) is 15.8. The van der Waals surface area contributed by atoms with Gasteiger partial charge in [-0.3, -0.25) is 4.98 Å². The monoisotopic (exact) mass is 574 g/mol. The Hall–Kier alpha value is -3.45. The molecule has 5 rings (SSSR count). The molecule has 0 radical (unpaired) electrons. The number of ether oxygens (including phenoxy) is 2. The summed E-state index contributed by atoms with van der Waals surface area (Å²) in [5.41, 5.74) is 6.63. The second kappa shape index (κ2) is 11.3. The number of fused-ring (bicyclic) bond motifs is 1. The van der Waals surface area contributed by atoms with E-state index in [1.165, 1.54) is 12.1 Å². The summed E-state index contributed by atoms with van der Waals surface area (Å²) in [6, 6.07) is 12.7. The summed E-state index contributed by atoms with van der Waals surface area (Å²) in [4.78, 5) is 20.0. The Morgan fingerprint density at radius 3 is 2.38 bits per heavy atom.